The third-order valence-electron chi connectivity index (χ3n) is 7.76. The molecule has 1 aromatic heterocycles. The minimum Gasteiger partial charge on any atom is -0.382 e. The zero-order chi connectivity index (χ0) is 27.1. The molecule has 1 atom stereocenters. The fourth-order valence-electron chi connectivity index (χ4n) is 5.77. The number of nitrogens with one attached hydrogen (secondary N) is 2. The van der Waals surface area contributed by atoms with Crippen LogP contribution < -0.4 is 10.9 Å². The van der Waals surface area contributed by atoms with Gasteiger partial charge >= 0.3 is 0 Å². The lowest BCUT2D eigenvalue weighted by Crippen LogP contribution is -2.37. The van der Waals surface area contributed by atoms with Gasteiger partial charge in [-0.25, -0.2) is 0 Å². The lowest BCUT2D eigenvalue weighted by Gasteiger charge is -2.19. The van der Waals surface area contributed by atoms with E-state index in [0.29, 0.717) is 64.7 Å². The first-order valence-corrected chi connectivity index (χ1v) is 13.8. The number of benzene rings is 2. The summed E-state index contributed by atoms with van der Waals surface area (Å²) >= 11 is 6.35. The van der Waals surface area contributed by atoms with Crippen LogP contribution in [-0.2, 0) is 12.8 Å². The zero-order valence-corrected chi connectivity index (χ0v) is 24.1. The number of aromatic amines is 1. The molecule has 0 saturated carbocycles. The second-order valence-corrected chi connectivity index (χ2v) is 10.9. The predicted molar refractivity (Wildman–Crippen MR) is 163 cm³/mol. The summed E-state index contributed by atoms with van der Waals surface area (Å²) in [5.74, 6) is -0.521. The van der Waals surface area contributed by atoms with Gasteiger partial charge in [0.15, 0.2) is 0 Å². The summed E-state index contributed by atoms with van der Waals surface area (Å²) in [6.45, 7) is 5.17. The van der Waals surface area contributed by atoms with Crippen molar-refractivity contribution >= 4 is 54.0 Å². The number of pyridine rings is 1. The number of aromatic nitrogens is 1. The van der Waals surface area contributed by atoms with Gasteiger partial charge in [0, 0.05) is 36.8 Å². The van der Waals surface area contributed by atoms with Gasteiger partial charge in [-0.1, -0.05) is 29.8 Å². The molecular weight excluding hydrogens is 546 g/mol. The van der Waals surface area contributed by atoms with Gasteiger partial charge < -0.3 is 15.2 Å². The molecule has 4 heterocycles. The topological polar surface area (TPSA) is 97.9 Å². The Labute approximate surface area is 244 Å². The Balaban J connectivity index is 0.00000323. The van der Waals surface area contributed by atoms with E-state index in [1.54, 1.807) is 18.3 Å². The summed E-state index contributed by atoms with van der Waals surface area (Å²) in [7, 11) is 0. The third-order valence-corrected chi connectivity index (χ3v) is 8.13. The fourth-order valence-corrected chi connectivity index (χ4v) is 5.98. The van der Waals surface area contributed by atoms with Crippen molar-refractivity contribution < 1.29 is 9.59 Å². The van der Waals surface area contributed by atoms with Crippen LogP contribution in [-0.4, -0.2) is 64.5 Å². The van der Waals surface area contributed by atoms with Crippen LogP contribution in [0.1, 0.15) is 57.2 Å². The van der Waals surface area contributed by atoms with E-state index in [4.69, 9.17) is 16.6 Å². The molecule has 3 aliphatic rings. The summed E-state index contributed by atoms with van der Waals surface area (Å²) in [4.78, 5) is 50.4. The normalized spacial score (nSPS) is 16.9. The zero-order valence-electron chi connectivity index (χ0n) is 22.3. The van der Waals surface area contributed by atoms with E-state index in [2.05, 4.69) is 15.2 Å². The van der Waals surface area contributed by atoms with Crippen LogP contribution in [0.25, 0.3) is 0 Å². The van der Waals surface area contributed by atoms with Crippen molar-refractivity contribution in [1.82, 2.24) is 14.8 Å². The molecule has 1 fully saturated rings. The van der Waals surface area contributed by atoms with Crippen LogP contribution in [0.15, 0.2) is 58.4 Å². The molecule has 0 radical (unpaired) electrons. The smallest absolute Gasteiger partial charge is 0.261 e. The largest absolute Gasteiger partial charge is 0.382 e. The Morgan fingerprint density at radius 3 is 2.50 bits per heavy atom. The van der Waals surface area contributed by atoms with Crippen LogP contribution in [0.5, 0.6) is 0 Å². The van der Waals surface area contributed by atoms with Crippen LogP contribution in [0.3, 0.4) is 0 Å². The lowest BCUT2D eigenvalue weighted by molar-refractivity contribution is 0.0640. The number of nitrogens with zero attached hydrogens (tertiary/aromatic N) is 3. The number of anilines is 1. The minimum absolute atomic E-state index is 0. The van der Waals surface area contributed by atoms with Crippen LogP contribution in [0.4, 0.5) is 11.4 Å². The van der Waals surface area contributed by atoms with Gasteiger partial charge in [-0.05, 0) is 74.7 Å². The summed E-state index contributed by atoms with van der Waals surface area (Å²) in [6, 6.07) is 13.0. The number of halogens is 1. The van der Waals surface area contributed by atoms with Gasteiger partial charge in [-0.2, -0.15) is 13.5 Å². The molecule has 2 amide bonds. The Bertz CT molecular complexity index is 1560. The van der Waals surface area contributed by atoms with Crippen LogP contribution in [0, 0.1) is 0 Å². The van der Waals surface area contributed by atoms with E-state index in [-0.39, 0.29) is 36.9 Å². The monoisotopic (exact) mass is 577 g/mol. The van der Waals surface area contributed by atoms with Gasteiger partial charge in [0.1, 0.15) is 0 Å². The van der Waals surface area contributed by atoms with Crippen molar-refractivity contribution in [3.05, 3.63) is 91.9 Å². The third kappa shape index (κ3) is 5.33. The predicted octanol–water partition coefficient (Wildman–Crippen LogP) is 4.55. The van der Waals surface area contributed by atoms with Gasteiger partial charge in [-0.15, -0.1) is 0 Å². The number of rotatable bonds is 8. The van der Waals surface area contributed by atoms with Crippen molar-refractivity contribution in [2.24, 2.45) is 4.99 Å². The van der Waals surface area contributed by atoms with Crippen molar-refractivity contribution in [1.29, 1.82) is 0 Å². The number of likely N-dealkylation sites (tertiary alicyclic amines) is 1. The molecule has 0 spiro atoms. The van der Waals surface area contributed by atoms with Crippen molar-refractivity contribution in [2.75, 3.05) is 31.5 Å². The van der Waals surface area contributed by atoms with Crippen molar-refractivity contribution in [3.63, 3.8) is 0 Å². The van der Waals surface area contributed by atoms with E-state index in [1.165, 1.54) is 4.90 Å². The van der Waals surface area contributed by atoms with Gasteiger partial charge in [0.25, 0.3) is 17.4 Å². The Kier molecular flexibility index (Phi) is 8.16. The first-order valence-electron chi connectivity index (χ1n) is 13.4. The highest BCUT2D eigenvalue weighted by molar-refractivity contribution is 7.59. The Morgan fingerprint density at radius 2 is 1.75 bits per heavy atom. The minimum atomic E-state index is -0.269. The van der Waals surface area contributed by atoms with E-state index in [1.807, 2.05) is 37.3 Å². The second-order valence-electron chi connectivity index (χ2n) is 10.5. The molecular formula is C30H32ClN5O3S. The highest BCUT2D eigenvalue weighted by Crippen LogP contribution is 2.36. The number of carbonyl (C=O) groups excluding carboxylic acids is 2. The molecule has 2 N–H and O–H groups in total. The number of H-pyrrole nitrogens is 1. The van der Waals surface area contributed by atoms with E-state index in [9.17, 15) is 14.4 Å². The second kappa shape index (κ2) is 11.6. The van der Waals surface area contributed by atoms with Crippen LogP contribution in [0.2, 0.25) is 5.02 Å². The molecule has 6 rings (SSSR count). The van der Waals surface area contributed by atoms with Gasteiger partial charge in [0.2, 0.25) is 0 Å². The van der Waals surface area contributed by atoms with Gasteiger partial charge in [-0.3, -0.25) is 24.3 Å². The molecule has 10 heteroatoms. The van der Waals surface area contributed by atoms with E-state index < -0.39 is 0 Å². The number of fused-ring (bicyclic) bond motifs is 2. The maximum absolute atomic E-state index is 13.1. The molecule has 208 valence electrons. The standard InChI is InChI=1S/C30H30ClN5O3.H2S/c1-18(14-19-6-2-3-7-23(19)31)33-24-8-9-32-28(37)27(24)26-16-20-15-21-22(17-25(20)34-26)30(39)36(29(21)38)13-12-35-10-4-5-11-35;/h2-3,6-9,15,17-18H,4-5,10-14,16H2,1H3,(H2,32,33,37);1H2. The van der Waals surface area contributed by atoms with Crippen LogP contribution >= 0.6 is 25.1 Å². The average Bonchev–Trinajstić information content (AvgIpc) is 3.63. The summed E-state index contributed by atoms with van der Waals surface area (Å²) in [6.07, 6.45) is 5.03. The summed E-state index contributed by atoms with van der Waals surface area (Å²) in [5.41, 5.74) is 4.80. The molecule has 3 aliphatic heterocycles. The summed E-state index contributed by atoms with van der Waals surface area (Å²) < 4.78 is 0. The fraction of sp³-hybridized carbons (Fsp3) is 0.333. The maximum atomic E-state index is 13.1. The number of hydrogen-bond acceptors (Lipinski definition) is 6. The average molecular weight is 578 g/mol. The highest BCUT2D eigenvalue weighted by atomic mass is 35.5. The molecule has 1 saturated heterocycles. The molecule has 2 aromatic carbocycles. The molecule has 3 aromatic rings. The highest BCUT2D eigenvalue weighted by Gasteiger charge is 2.37. The number of aliphatic imine (C=N–C) groups is 1. The molecule has 8 nitrogen and oxygen atoms in total. The molecule has 40 heavy (non-hydrogen) atoms. The SMILES string of the molecule is CC(Cc1ccccc1Cl)Nc1cc[nH]c(=O)c1C1=Nc2cc3c(cc2C1)C(=O)N(CCN1CCCC1)C3=O.S. The van der Waals surface area contributed by atoms with Gasteiger partial charge in [0.05, 0.1) is 33.8 Å². The van der Waals surface area contributed by atoms with E-state index in [0.717, 1.165) is 37.1 Å². The first-order chi connectivity index (χ1) is 18.9. The summed E-state index contributed by atoms with van der Waals surface area (Å²) in [5, 5.41) is 4.16. The van der Waals surface area contributed by atoms with E-state index >= 15 is 0 Å². The molecule has 1 unspecified atom stereocenters. The number of imide groups is 1. The number of carbonyl (C=O) groups is 2. The molecule has 0 bridgehead atoms. The number of hydrogen-bond donors (Lipinski definition) is 2. The maximum Gasteiger partial charge on any atom is 0.261 e. The Morgan fingerprint density at radius 1 is 1.02 bits per heavy atom. The Hall–Kier alpha value is -3.40. The quantitative estimate of drug-likeness (QED) is 0.383. The number of amides is 2. The lowest BCUT2D eigenvalue weighted by atomic mass is 9.99. The van der Waals surface area contributed by atoms with Crippen molar-refractivity contribution in [2.45, 2.75) is 38.6 Å². The van der Waals surface area contributed by atoms with Crippen molar-refractivity contribution in [3.8, 4) is 0 Å². The molecule has 0 aliphatic carbocycles. The first kappa shape index (κ1) is 28.1.